The Bertz CT molecular complexity index is 575. The zero-order chi connectivity index (χ0) is 16.2. The second kappa shape index (κ2) is 7.29. The van der Waals surface area contributed by atoms with Crippen LogP contribution in [0.25, 0.3) is 0 Å². The Morgan fingerprint density at radius 1 is 1.17 bits per heavy atom. The first-order chi connectivity index (χ1) is 11.2. The summed E-state index contributed by atoms with van der Waals surface area (Å²) < 4.78 is 14.1. The third-order valence-electron chi connectivity index (χ3n) is 5.18. The maximum absolute atomic E-state index is 14.1. The number of nitriles is 1. The van der Waals surface area contributed by atoms with E-state index < -0.39 is 0 Å². The number of piperazine rings is 1. The first-order valence-electron chi connectivity index (χ1n) is 8.54. The molecule has 2 saturated heterocycles. The van der Waals surface area contributed by atoms with Crippen LogP contribution in [-0.2, 0) is 0 Å². The van der Waals surface area contributed by atoms with Crippen molar-refractivity contribution in [2.45, 2.75) is 25.3 Å². The Kier molecular flexibility index (Phi) is 5.14. The SMILES string of the molecule is CN1CCCCC1CN1CCN(c2ccc(C#N)cc2F)CC1. The van der Waals surface area contributed by atoms with Gasteiger partial charge in [0.15, 0.2) is 0 Å². The molecule has 5 heteroatoms. The summed E-state index contributed by atoms with van der Waals surface area (Å²) in [6, 6.07) is 7.41. The molecule has 2 fully saturated rings. The van der Waals surface area contributed by atoms with E-state index in [0.717, 1.165) is 32.7 Å². The minimum atomic E-state index is -0.287. The van der Waals surface area contributed by atoms with E-state index in [4.69, 9.17) is 5.26 Å². The van der Waals surface area contributed by atoms with E-state index in [1.54, 1.807) is 12.1 Å². The highest BCUT2D eigenvalue weighted by Crippen LogP contribution is 2.23. The molecule has 0 N–H and O–H groups in total. The van der Waals surface area contributed by atoms with Crippen molar-refractivity contribution < 1.29 is 4.39 Å². The fourth-order valence-corrected chi connectivity index (χ4v) is 3.68. The van der Waals surface area contributed by atoms with Crippen LogP contribution in [0.5, 0.6) is 0 Å². The largest absolute Gasteiger partial charge is 0.367 e. The van der Waals surface area contributed by atoms with Gasteiger partial charge in [-0.3, -0.25) is 4.90 Å². The van der Waals surface area contributed by atoms with Gasteiger partial charge in [-0.25, -0.2) is 4.39 Å². The smallest absolute Gasteiger partial charge is 0.147 e. The Morgan fingerprint density at radius 3 is 2.61 bits per heavy atom. The van der Waals surface area contributed by atoms with Gasteiger partial charge in [0.1, 0.15) is 5.82 Å². The van der Waals surface area contributed by atoms with Crippen LogP contribution in [0.2, 0.25) is 0 Å². The number of hydrogen-bond donors (Lipinski definition) is 0. The molecule has 0 radical (unpaired) electrons. The molecular weight excluding hydrogens is 291 g/mol. The summed E-state index contributed by atoms with van der Waals surface area (Å²) in [7, 11) is 2.23. The number of anilines is 1. The minimum absolute atomic E-state index is 0.287. The number of nitrogens with zero attached hydrogens (tertiary/aromatic N) is 4. The van der Waals surface area contributed by atoms with Crippen LogP contribution in [0.1, 0.15) is 24.8 Å². The van der Waals surface area contributed by atoms with E-state index in [0.29, 0.717) is 17.3 Å². The predicted molar refractivity (Wildman–Crippen MR) is 90.0 cm³/mol. The molecule has 1 aromatic carbocycles. The second-order valence-electron chi connectivity index (χ2n) is 6.70. The highest BCUT2D eigenvalue weighted by Gasteiger charge is 2.25. The fraction of sp³-hybridized carbons (Fsp3) is 0.611. The first kappa shape index (κ1) is 16.2. The topological polar surface area (TPSA) is 33.5 Å². The molecular formula is C18H25FN4. The van der Waals surface area contributed by atoms with E-state index in [-0.39, 0.29) is 5.82 Å². The number of hydrogen-bond acceptors (Lipinski definition) is 4. The van der Waals surface area contributed by atoms with E-state index in [1.807, 2.05) is 6.07 Å². The number of likely N-dealkylation sites (tertiary alicyclic amines) is 1. The second-order valence-corrected chi connectivity index (χ2v) is 6.70. The summed E-state index contributed by atoms with van der Waals surface area (Å²) in [5.74, 6) is -0.287. The van der Waals surface area contributed by atoms with Crippen molar-refractivity contribution in [1.29, 1.82) is 5.26 Å². The van der Waals surface area contributed by atoms with Gasteiger partial charge in [0, 0.05) is 38.8 Å². The number of piperidine rings is 1. The minimum Gasteiger partial charge on any atom is -0.367 e. The number of halogens is 1. The molecule has 2 aliphatic heterocycles. The van der Waals surface area contributed by atoms with Gasteiger partial charge in [0.05, 0.1) is 17.3 Å². The quantitative estimate of drug-likeness (QED) is 0.857. The molecule has 0 bridgehead atoms. The zero-order valence-electron chi connectivity index (χ0n) is 13.8. The normalized spacial score (nSPS) is 23.7. The maximum atomic E-state index is 14.1. The monoisotopic (exact) mass is 316 g/mol. The van der Waals surface area contributed by atoms with Gasteiger partial charge in [0.2, 0.25) is 0 Å². The Balaban J connectivity index is 1.55. The van der Waals surface area contributed by atoms with Crippen LogP contribution in [0.15, 0.2) is 18.2 Å². The van der Waals surface area contributed by atoms with Gasteiger partial charge in [0.25, 0.3) is 0 Å². The molecule has 2 heterocycles. The molecule has 1 atom stereocenters. The van der Waals surface area contributed by atoms with Crippen LogP contribution in [0.4, 0.5) is 10.1 Å². The lowest BCUT2D eigenvalue weighted by Gasteiger charge is -2.40. The van der Waals surface area contributed by atoms with Gasteiger partial charge in [-0.2, -0.15) is 5.26 Å². The molecule has 1 aromatic rings. The van der Waals surface area contributed by atoms with Crippen LogP contribution in [0, 0.1) is 17.1 Å². The average molecular weight is 316 g/mol. The highest BCUT2D eigenvalue weighted by atomic mass is 19.1. The standard InChI is InChI=1S/C18H25FN4/c1-21-7-3-2-4-16(21)14-22-8-10-23(11-9-22)18-6-5-15(13-20)12-17(18)19/h5-6,12,16H,2-4,7-11,14H2,1H3. The van der Waals surface area contributed by atoms with E-state index in [9.17, 15) is 4.39 Å². The van der Waals surface area contributed by atoms with Crippen molar-refractivity contribution in [3.63, 3.8) is 0 Å². The van der Waals surface area contributed by atoms with Gasteiger partial charge < -0.3 is 9.80 Å². The molecule has 0 aliphatic carbocycles. The summed E-state index contributed by atoms with van der Waals surface area (Å²) in [5, 5.41) is 8.83. The maximum Gasteiger partial charge on any atom is 0.147 e. The van der Waals surface area contributed by atoms with Gasteiger partial charge in [-0.1, -0.05) is 6.42 Å². The molecule has 3 rings (SSSR count). The Labute approximate surface area is 138 Å². The van der Waals surface area contributed by atoms with Crippen molar-refractivity contribution >= 4 is 5.69 Å². The fourth-order valence-electron chi connectivity index (χ4n) is 3.68. The van der Waals surface area contributed by atoms with Crippen LogP contribution in [-0.4, -0.2) is 62.2 Å². The van der Waals surface area contributed by atoms with Crippen molar-refractivity contribution in [2.24, 2.45) is 0 Å². The summed E-state index contributed by atoms with van der Waals surface area (Å²) >= 11 is 0. The Hall–Kier alpha value is -1.64. The first-order valence-corrected chi connectivity index (χ1v) is 8.54. The van der Waals surface area contributed by atoms with Gasteiger partial charge >= 0.3 is 0 Å². The number of rotatable bonds is 3. The average Bonchev–Trinajstić information content (AvgIpc) is 2.58. The number of benzene rings is 1. The van der Waals surface area contributed by atoms with Crippen LogP contribution < -0.4 is 4.90 Å². The van der Waals surface area contributed by atoms with Gasteiger partial charge in [-0.15, -0.1) is 0 Å². The molecule has 0 aromatic heterocycles. The van der Waals surface area contributed by atoms with E-state index in [1.165, 1.54) is 31.9 Å². The summed E-state index contributed by atoms with van der Waals surface area (Å²) in [4.78, 5) is 7.08. The lowest BCUT2D eigenvalue weighted by molar-refractivity contribution is 0.124. The van der Waals surface area contributed by atoms with Crippen LogP contribution >= 0.6 is 0 Å². The van der Waals surface area contributed by atoms with Crippen molar-refractivity contribution in [3.05, 3.63) is 29.6 Å². The van der Waals surface area contributed by atoms with Crippen LogP contribution in [0.3, 0.4) is 0 Å². The van der Waals surface area contributed by atoms with E-state index in [2.05, 4.69) is 21.7 Å². The molecule has 23 heavy (non-hydrogen) atoms. The molecule has 4 nitrogen and oxygen atoms in total. The van der Waals surface area contributed by atoms with Crippen molar-refractivity contribution in [1.82, 2.24) is 9.80 Å². The van der Waals surface area contributed by atoms with Crippen molar-refractivity contribution in [3.8, 4) is 6.07 Å². The summed E-state index contributed by atoms with van der Waals surface area (Å²) in [5.41, 5.74) is 1.00. The molecule has 0 amide bonds. The zero-order valence-corrected chi connectivity index (χ0v) is 13.8. The highest BCUT2D eigenvalue weighted by molar-refractivity contribution is 5.51. The Morgan fingerprint density at radius 2 is 1.96 bits per heavy atom. The summed E-state index contributed by atoms with van der Waals surface area (Å²) in [6.07, 6.45) is 3.95. The van der Waals surface area contributed by atoms with Crippen molar-refractivity contribution in [2.75, 3.05) is 51.2 Å². The summed E-state index contributed by atoms with van der Waals surface area (Å²) in [6.45, 7) is 5.98. The molecule has 0 saturated carbocycles. The lowest BCUT2D eigenvalue weighted by Crippen LogP contribution is -2.52. The molecule has 2 aliphatic rings. The molecule has 124 valence electrons. The molecule has 1 unspecified atom stereocenters. The van der Waals surface area contributed by atoms with Gasteiger partial charge in [-0.05, 0) is 44.6 Å². The third-order valence-corrected chi connectivity index (χ3v) is 5.18. The lowest BCUT2D eigenvalue weighted by atomic mass is 10.0. The third kappa shape index (κ3) is 3.82. The predicted octanol–water partition coefficient (Wildman–Crippen LogP) is 2.30. The van der Waals surface area contributed by atoms with E-state index >= 15 is 0 Å². The number of likely N-dealkylation sites (N-methyl/N-ethyl adjacent to an activating group) is 1. The molecule has 0 spiro atoms.